The molecule has 0 amide bonds. The van der Waals surface area contributed by atoms with Gasteiger partial charge in [-0.05, 0) is 86.5 Å². The zero-order chi connectivity index (χ0) is 31.0. The van der Waals surface area contributed by atoms with Gasteiger partial charge in [0.2, 0.25) is 0 Å². The number of carboxylic acids is 1. The lowest BCUT2D eigenvalue weighted by molar-refractivity contribution is 0.0169. The van der Waals surface area contributed by atoms with Crippen LogP contribution in [0.25, 0.3) is 38.2 Å². The predicted octanol–water partition coefficient (Wildman–Crippen LogP) is 7.65. The molecule has 0 aliphatic heterocycles. The molecule has 46 heavy (non-hydrogen) atoms. The van der Waals surface area contributed by atoms with Gasteiger partial charge in [0.15, 0.2) is 10.8 Å². The molecule has 11 heteroatoms. The third-order valence-electron chi connectivity index (χ3n) is 10.7. The van der Waals surface area contributed by atoms with E-state index in [-0.39, 0.29) is 5.56 Å². The predicted molar refractivity (Wildman–Crippen MR) is 178 cm³/mol. The van der Waals surface area contributed by atoms with Crippen molar-refractivity contribution in [2.45, 2.75) is 58.4 Å². The minimum Gasteiger partial charge on any atom is -0.478 e. The smallest absolute Gasteiger partial charge is 0.338 e. The van der Waals surface area contributed by atoms with Crippen molar-refractivity contribution in [2.75, 3.05) is 5.32 Å². The lowest BCUT2D eigenvalue weighted by Crippen LogP contribution is -2.40. The SMILES string of the molecule is Cc1c(-c2cnc3c(ncn3-c3ccc(Nc4nc5ccccc5s4)nc3)c2C(=O)O)cnn1CC12CC3CCC(CC(C3)C1)C2. The fraction of sp³-hybridized carbons (Fsp3) is 0.371. The largest absolute Gasteiger partial charge is 0.478 e. The Bertz CT molecular complexity index is 2080. The van der Waals surface area contributed by atoms with Crippen molar-refractivity contribution < 1.29 is 9.90 Å². The summed E-state index contributed by atoms with van der Waals surface area (Å²) in [6.45, 7) is 2.96. The fourth-order valence-electron chi connectivity index (χ4n) is 8.96. The number of pyridine rings is 2. The van der Waals surface area contributed by atoms with Gasteiger partial charge in [-0.1, -0.05) is 36.3 Å². The Balaban J connectivity index is 1.01. The monoisotopic (exact) mass is 630 g/mol. The Hall–Kier alpha value is -4.64. The van der Waals surface area contributed by atoms with E-state index in [0.29, 0.717) is 28.0 Å². The minimum absolute atomic E-state index is 0.139. The molecular weight excluding hydrogens is 597 g/mol. The third-order valence-corrected chi connectivity index (χ3v) is 11.6. The van der Waals surface area contributed by atoms with Crippen molar-refractivity contribution in [3.8, 4) is 16.8 Å². The lowest BCUT2D eigenvalue weighted by atomic mass is 9.58. The summed E-state index contributed by atoms with van der Waals surface area (Å²) in [7, 11) is 0. The Labute approximate surface area is 269 Å². The van der Waals surface area contributed by atoms with Crippen LogP contribution in [0.3, 0.4) is 0 Å². The molecular formula is C35H34N8O2S. The second-order valence-corrected chi connectivity index (χ2v) is 14.7. The molecule has 10 rings (SSSR count). The van der Waals surface area contributed by atoms with Gasteiger partial charge in [-0.3, -0.25) is 9.25 Å². The molecule has 4 saturated carbocycles. The molecule has 4 fully saturated rings. The number of carboxylic acid groups (broad SMARTS) is 1. The van der Waals surface area contributed by atoms with Crippen molar-refractivity contribution in [3.63, 3.8) is 0 Å². The Morgan fingerprint density at radius 3 is 2.54 bits per heavy atom. The first-order chi connectivity index (χ1) is 22.4. The van der Waals surface area contributed by atoms with Gasteiger partial charge in [0.05, 0.1) is 33.9 Å². The van der Waals surface area contributed by atoms with Crippen LogP contribution in [0.2, 0.25) is 0 Å². The summed E-state index contributed by atoms with van der Waals surface area (Å²) in [5.41, 5.74) is 5.25. The van der Waals surface area contributed by atoms with Crippen LogP contribution in [-0.4, -0.2) is 45.4 Å². The van der Waals surface area contributed by atoms with E-state index in [0.717, 1.165) is 56.6 Å². The van der Waals surface area contributed by atoms with Gasteiger partial charge in [-0.2, -0.15) is 5.10 Å². The molecule has 5 aromatic heterocycles. The van der Waals surface area contributed by atoms with Gasteiger partial charge in [-0.25, -0.2) is 24.7 Å². The summed E-state index contributed by atoms with van der Waals surface area (Å²) < 4.78 is 5.01. The molecule has 4 bridgehead atoms. The summed E-state index contributed by atoms with van der Waals surface area (Å²) in [6, 6.07) is 11.8. The molecule has 0 saturated heterocycles. The first-order valence-corrected chi connectivity index (χ1v) is 16.9. The van der Waals surface area contributed by atoms with E-state index >= 15 is 0 Å². The summed E-state index contributed by atoms with van der Waals surface area (Å²) in [6.07, 6.45) is 16.3. The van der Waals surface area contributed by atoms with E-state index < -0.39 is 5.97 Å². The number of carbonyl (C=O) groups is 1. The van der Waals surface area contributed by atoms with Gasteiger partial charge in [0.25, 0.3) is 0 Å². The molecule has 5 heterocycles. The highest BCUT2D eigenvalue weighted by molar-refractivity contribution is 7.22. The standard InChI is InChI=1S/C35H34N8O2S/c1-20-25(17-39-43(20)18-35-12-21-6-7-22(13-35)11-23(10-21)14-35)26-16-37-32-31(30(26)33(44)45)38-19-42(32)24-8-9-29(36-15-24)41-34-40-27-4-2-3-5-28(27)46-34/h2-5,8-9,15-17,19,21-23H,6-7,10-14,18H2,1H3,(H,44,45)(H,36,40,41). The highest BCUT2D eigenvalue weighted by atomic mass is 32.1. The van der Waals surface area contributed by atoms with Crippen LogP contribution >= 0.6 is 11.3 Å². The quantitative estimate of drug-likeness (QED) is 0.184. The summed E-state index contributed by atoms with van der Waals surface area (Å²) in [4.78, 5) is 31.3. The van der Waals surface area contributed by atoms with Gasteiger partial charge < -0.3 is 10.4 Å². The molecule has 1 aromatic carbocycles. The van der Waals surface area contributed by atoms with E-state index in [1.54, 1.807) is 34.6 Å². The molecule has 2 N–H and O–H groups in total. The number of benzene rings is 1. The van der Waals surface area contributed by atoms with Crippen molar-refractivity contribution in [2.24, 2.45) is 23.2 Å². The Morgan fingerprint density at radius 1 is 0.978 bits per heavy atom. The summed E-state index contributed by atoms with van der Waals surface area (Å²) in [5.74, 6) is 2.18. The molecule has 0 spiro atoms. The highest BCUT2D eigenvalue weighted by Crippen LogP contribution is 2.58. The molecule has 10 nitrogen and oxygen atoms in total. The number of fused-ring (bicyclic) bond motifs is 3. The van der Waals surface area contributed by atoms with Crippen molar-refractivity contribution in [1.29, 1.82) is 0 Å². The average molecular weight is 631 g/mol. The number of aromatic nitrogens is 7. The molecule has 2 unspecified atom stereocenters. The first-order valence-electron chi connectivity index (χ1n) is 16.1. The molecule has 2 atom stereocenters. The number of aromatic carboxylic acids is 1. The van der Waals surface area contributed by atoms with Crippen molar-refractivity contribution in [3.05, 3.63) is 72.6 Å². The summed E-state index contributed by atoms with van der Waals surface area (Å²) >= 11 is 1.57. The number of thiazole rings is 1. The van der Waals surface area contributed by atoms with E-state index in [4.69, 9.17) is 10.1 Å². The summed E-state index contributed by atoms with van der Waals surface area (Å²) in [5, 5.41) is 19.3. The minimum atomic E-state index is -1.04. The van der Waals surface area contributed by atoms with E-state index in [9.17, 15) is 9.90 Å². The second kappa shape index (κ2) is 10.4. The van der Waals surface area contributed by atoms with Crippen LogP contribution < -0.4 is 5.32 Å². The zero-order valence-electron chi connectivity index (χ0n) is 25.6. The first kappa shape index (κ1) is 27.7. The van der Waals surface area contributed by atoms with Crippen LogP contribution in [0.4, 0.5) is 10.9 Å². The number of nitrogens with zero attached hydrogens (tertiary/aromatic N) is 7. The molecule has 4 aliphatic rings. The normalized spacial score (nSPS) is 23.7. The molecule has 4 aliphatic carbocycles. The number of hydrogen-bond acceptors (Lipinski definition) is 8. The van der Waals surface area contributed by atoms with Crippen LogP contribution in [0.15, 0.2) is 61.3 Å². The van der Waals surface area contributed by atoms with Crippen molar-refractivity contribution >= 4 is 49.6 Å². The number of hydrogen-bond donors (Lipinski definition) is 2. The van der Waals surface area contributed by atoms with E-state index in [1.165, 1.54) is 44.9 Å². The number of para-hydroxylation sites is 1. The third kappa shape index (κ3) is 4.59. The maximum Gasteiger partial charge on any atom is 0.338 e. The maximum atomic E-state index is 12.8. The van der Waals surface area contributed by atoms with Gasteiger partial charge in [0, 0.05) is 29.6 Å². The zero-order valence-corrected chi connectivity index (χ0v) is 26.4. The molecule has 6 aromatic rings. The number of imidazole rings is 1. The molecule has 232 valence electrons. The van der Waals surface area contributed by atoms with Crippen LogP contribution in [0.1, 0.15) is 61.0 Å². The lowest BCUT2D eigenvalue weighted by Gasteiger charge is -2.48. The topological polar surface area (TPSA) is 124 Å². The Kier molecular flexibility index (Phi) is 6.28. The Morgan fingerprint density at radius 2 is 1.78 bits per heavy atom. The van der Waals surface area contributed by atoms with Crippen LogP contribution in [0.5, 0.6) is 0 Å². The van der Waals surface area contributed by atoms with Gasteiger partial charge in [0.1, 0.15) is 17.7 Å². The highest BCUT2D eigenvalue weighted by Gasteiger charge is 2.48. The van der Waals surface area contributed by atoms with Gasteiger partial charge >= 0.3 is 5.97 Å². The molecule has 0 radical (unpaired) electrons. The maximum absolute atomic E-state index is 12.8. The number of anilines is 2. The second-order valence-electron chi connectivity index (χ2n) is 13.7. The van der Waals surface area contributed by atoms with Crippen LogP contribution in [0, 0.1) is 30.1 Å². The van der Waals surface area contributed by atoms with E-state index in [1.807, 2.05) is 42.6 Å². The van der Waals surface area contributed by atoms with Crippen molar-refractivity contribution in [1.82, 2.24) is 34.3 Å². The number of nitrogens with one attached hydrogen (secondary N) is 1. The number of rotatable bonds is 7. The van der Waals surface area contributed by atoms with Gasteiger partial charge in [-0.15, -0.1) is 0 Å². The van der Waals surface area contributed by atoms with E-state index in [2.05, 4.69) is 31.9 Å². The average Bonchev–Trinajstić information content (AvgIpc) is 3.71. The fourth-order valence-corrected chi connectivity index (χ4v) is 9.83. The van der Waals surface area contributed by atoms with Crippen LogP contribution in [-0.2, 0) is 6.54 Å².